The van der Waals surface area contributed by atoms with E-state index in [2.05, 4.69) is 18.2 Å². The Kier molecular flexibility index (Phi) is 7.82. The van der Waals surface area contributed by atoms with Gasteiger partial charge >= 0.3 is 0 Å². The van der Waals surface area contributed by atoms with Crippen molar-refractivity contribution in [1.29, 1.82) is 0 Å². The molecule has 2 aliphatic carbocycles. The molecule has 4 rings (SSSR count). The minimum atomic E-state index is -1.05. The van der Waals surface area contributed by atoms with E-state index in [4.69, 9.17) is 25.8 Å². The molecule has 0 radical (unpaired) electrons. The standard InChI is InChI=1S/C24H31ClO6/c25-21-8-3-16(24-23(28)22(27)13-20(14-26)31-24)12-17(21)11-15-1-4-18(5-2-15)29-9-10-30-19-6-7-19/h1-4,8,12,18-20,22-24,26-28H,5-7,9-11,13-14H2/t18?,20-,22-,23?,24-/m0/s1. The first-order valence-electron chi connectivity index (χ1n) is 11.0. The average Bonchev–Trinajstić information content (AvgIpc) is 3.60. The first-order valence-corrected chi connectivity index (χ1v) is 11.4. The summed E-state index contributed by atoms with van der Waals surface area (Å²) in [6.07, 6.45) is 7.63. The summed E-state index contributed by atoms with van der Waals surface area (Å²) in [5.74, 6) is 0. The molecule has 5 atom stereocenters. The highest BCUT2D eigenvalue weighted by atomic mass is 35.5. The quantitative estimate of drug-likeness (QED) is 0.501. The Morgan fingerprint density at radius 3 is 2.65 bits per heavy atom. The highest BCUT2D eigenvalue weighted by molar-refractivity contribution is 6.31. The van der Waals surface area contributed by atoms with Gasteiger partial charge in [-0.2, -0.15) is 0 Å². The van der Waals surface area contributed by atoms with Gasteiger partial charge in [0.05, 0.1) is 44.2 Å². The van der Waals surface area contributed by atoms with Crippen LogP contribution in [0.2, 0.25) is 5.02 Å². The van der Waals surface area contributed by atoms with Crippen molar-refractivity contribution in [2.45, 2.75) is 68.7 Å². The molecule has 0 aromatic heterocycles. The second kappa shape index (κ2) is 10.6. The normalized spacial score (nSPS) is 31.0. The number of benzene rings is 1. The van der Waals surface area contributed by atoms with E-state index in [9.17, 15) is 15.3 Å². The molecule has 0 bridgehead atoms. The van der Waals surface area contributed by atoms with Gasteiger partial charge in [0.2, 0.25) is 0 Å². The number of aliphatic hydroxyl groups excluding tert-OH is 3. The van der Waals surface area contributed by atoms with E-state index in [1.54, 1.807) is 12.1 Å². The number of aliphatic hydroxyl groups is 3. The second-order valence-electron chi connectivity index (χ2n) is 8.54. The molecule has 1 aromatic carbocycles. The lowest BCUT2D eigenvalue weighted by Crippen LogP contribution is -2.44. The van der Waals surface area contributed by atoms with Crippen molar-refractivity contribution >= 4 is 11.6 Å². The predicted octanol–water partition coefficient (Wildman–Crippen LogP) is 2.88. The number of hydrogen-bond donors (Lipinski definition) is 3. The van der Waals surface area contributed by atoms with Crippen LogP contribution in [0.15, 0.2) is 42.0 Å². The van der Waals surface area contributed by atoms with Crippen LogP contribution in [0.1, 0.15) is 42.9 Å². The first kappa shape index (κ1) is 22.9. The third kappa shape index (κ3) is 6.17. The summed E-state index contributed by atoms with van der Waals surface area (Å²) < 4.78 is 17.3. The molecule has 0 amide bonds. The Hall–Kier alpha value is -1.25. The van der Waals surface area contributed by atoms with Gasteiger partial charge in [-0.3, -0.25) is 0 Å². The Bertz CT molecular complexity index is 805. The molecule has 1 saturated heterocycles. The van der Waals surface area contributed by atoms with Gasteiger partial charge in [-0.05, 0) is 48.4 Å². The van der Waals surface area contributed by atoms with Gasteiger partial charge in [-0.1, -0.05) is 42.0 Å². The molecular weight excluding hydrogens is 420 g/mol. The van der Waals surface area contributed by atoms with E-state index in [0.29, 0.717) is 30.8 Å². The van der Waals surface area contributed by atoms with Crippen molar-refractivity contribution in [3.05, 3.63) is 58.1 Å². The van der Waals surface area contributed by atoms with Gasteiger partial charge in [-0.25, -0.2) is 0 Å². The number of halogens is 1. The molecule has 170 valence electrons. The number of allylic oxidation sites excluding steroid dienone is 2. The molecule has 3 N–H and O–H groups in total. The van der Waals surface area contributed by atoms with Gasteiger partial charge in [0.15, 0.2) is 0 Å². The summed E-state index contributed by atoms with van der Waals surface area (Å²) in [7, 11) is 0. The maximum absolute atomic E-state index is 10.4. The van der Waals surface area contributed by atoms with Crippen molar-refractivity contribution in [3.63, 3.8) is 0 Å². The van der Waals surface area contributed by atoms with E-state index < -0.39 is 24.4 Å². The van der Waals surface area contributed by atoms with Crippen molar-refractivity contribution in [2.75, 3.05) is 19.8 Å². The highest BCUT2D eigenvalue weighted by Gasteiger charge is 2.37. The van der Waals surface area contributed by atoms with Crippen molar-refractivity contribution in [1.82, 2.24) is 0 Å². The Morgan fingerprint density at radius 2 is 1.94 bits per heavy atom. The fourth-order valence-corrected chi connectivity index (χ4v) is 4.21. The molecule has 1 saturated carbocycles. The zero-order chi connectivity index (χ0) is 21.8. The molecule has 1 heterocycles. The summed E-state index contributed by atoms with van der Waals surface area (Å²) in [5, 5.41) is 30.6. The molecule has 1 aromatic rings. The topological polar surface area (TPSA) is 88.4 Å². The smallest absolute Gasteiger partial charge is 0.111 e. The molecule has 1 aliphatic heterocycles. The van der Waals surface area contributed by atoms with E-state index in [-0.39, 0.29) is 19.1 Å². The monoisotopic (exact) mass is 450 g/mol. The highest BCUT2D eigenvalue weighted by Crippen LogP contribution is 2.34. The third-order valence-corrected chi connectivity index (χ3v) is 6.34. The first-order chi connectivity index (χ1) is 15.0. The summed E-state index contributed by atoms with van der Waals surface area (Å²) in [5.41, 5.74) is 2.80. The van der Waals surface area contributed by atoms with Crippen LogP contribution in [0.3, 0.4) is 0 Å². The SMILES string of the molecule is OC[C@@H]1C[C@H](O)C(O)[C@H](c2ccc(Cl)c(CC3=CCC(OCCOC4CC4)C=C3)c2)O1. The zero-order valence-electron chi connectivity index (χ0n) is 17.5. The molecular formula is C24H31ClO6. The minimum absolute atomic E-state index is 0.0658. The molecule has 7 heteroatoms. The predicted molar refractivity (Wildman–Crippen MR) is 117 cm³/mol. The Morgan fingerprint density at radius 1 is 1.13 bits per heavy atom. The van der Waals surface area contributed by atoms with Crippen LogP contribution in [0, 0.1) is 0 Å². The van der Waals surface area contributed by atoms with Crippen LogP contribution in [-0.4, -0.2) is 65.7 Å². The average molecular weight is 451 g/mol. The minimum Gasteiger partial charge on any atom is -0.394 e. The van der Waals surface area contributed by atoms with Crippen LogP contribution >= 0.6 is 11.6 Å². The van der Waals surface area contributed by atoms with E-state index in [0.717, 1.165) is 23.1 Å². The number of ether oxygens (including phenoxy) is 3. The lowest BCUT2D eigenvalue weighted by molar-refractivity contribution is -0.179. The van der Waals surface area contributed by atoms with E-state index >= 15 is 0 Å². The molecule has 31 heavy (non-hydrogen) atoms. The largest absolute Gasteiger partial charge is 0.394 e. The fourth-order valence-electron chi connectivity index (χ4n) is 4.02. The molecule has 2 fully saturated rings. The zero-order valence-corrected chi connectivity index (χ0v) is 18.3. The van der Waals surface area contributed by atoms with Gasteiger partial charge in [0.25, 0.3) is 0 Å². The number of rotatable bonds is 9. The van der Waals surface area contributed by atoms with Crippen LogP contribution in [0.5, 0.6) is 0 Å². The lowest BCUT2D eigenvalue weighted by atomic mass is 9.91. The Balaban J connectivity index is 1.35. The van der Waals surface area contributed by atoms with Gasteiger partial charge in [-0.15, -0.1) is 0 Å². The van der Waals surface area contributed by atoms with Crippen LogP contribution < -0.4 is 0 Å². The van der Waals surface area contributed by atoms with Crippen molar-refractivity contribution in [3.8, 4) is 0 Å². The maximum Gasteiger partial charge on any atom is 0.111 e. The van der Waals surface area contributed by atoms with Crippen molar-refractivity contribution in [2.24, 2.45) is 0 Å². The summed E-state index contributed by atoms with van der Waals surface area (Å²) in [4.78, 5) is 0. The van der Waals surface area contributed by atoms with E-state index in [1.165, 1.54) is 12.8 Å². The van der Waals surface area contributed by atoms with E-state index in [1.807, 2.05) is 6.07 Å². The van der Waals surface area contributed by atoms with Gasteiger partial charge in [0, 0.05) is 11.4 Å². The summed E-state index contributed by atoms with van der Waals surface area (Å²) >= 11 is 6.44. The molecule has 0 spiro atoms. The molecule has 3 aliphatic rings. The van der Waals surface area contributed by atoms with Crippen molar-refractivity contribution < 1.29 is 29.5 Å². The molecule has 2 unspecified atom stereocenters. The number of hydrogen-bond acceptors (Lipinski definition) is 6. The lowest BCUT2D eigenvalue weighted by Gasteiger charge is -2.37. The van der Waals surface area contributed by atoms with Crippen LogP contribution in [0.4, 0.5) is 0 Å². The summed E-state index contributed by atoms with van der Waals surface area (Å²) in [6.45, 7) is 1.05. The molecule has 6 nitrogen and oxygen atoms in total. The second-order valence-corrected chi connectivity index (χ2v) is 8.94. The fraction of sp³-hybridized carbons (Fsp3) is 0.583. The van der Waals surface area contributed by atoms with Crippen LogP contribution in [0.25, 0.3) is 0 Å². The maximum atomic E-state index is 10.4. The Labute approximate surface area is 188 Å². The summed E-state index contributed by atoms with van der Waals surface area (Å²) in [6, 6.07) is 5.50. The van der Waals surface area contributed by atoms with Gasteiger partial charge in [0.1, 0.15) is 12.2 Å². The van der Waals surface area contributed by atoms with Crippen LogP contribution in [-0.2, 0) is 20.6 Å². The van der Waals surface area contributed by atoms with Gasteiger partial charge < -0.3 is 29.5 Å². The third-order valence-electron chi connectivity index (χ3n) is 5.97.